The van der Waals surface area contributed by atoms with Crippen molar-refractivity contribution in [2.75, 3.05) is 18.4 Å². The van der Waals surface area contributed by atoms with E-state index in [0.29, 0.717) is 19.1 Å². The number of nitrogens with zero attached hydrogens (tertiary/aromatic N) is 1. The predicted molar refractivity (Wildman–Crippen MR) is 98.3 cm³/mol. The fraction of sp³-hybridized carbons (Fsp3) is 0.588. The van der Waals surface area contributed by atoms with Crippen LogP contribution < -0.4 is 5.32 Å². The molecule has 1 aliphatic heterocycles. The van der Waals surface area contributed by atoms with E-state index in [4.69, 9.17) is 16.3 Å². The Bertz CT molecular complexity index is 579. The van der Waals surface area contributed by atoms with Gasteiger partial charge in [0.2, 0.25) is 0 Å². The first-order valence-electron chi connectivity index (χ1n) is 7.86. The number of ether oxygens (including phenoxy) is 1. The zero-order valence-corrected chi connectivity index (χ0v) is 16.4. The second-order valence-electron chi connectivity index (χ2n) is 6.97. The molecule has 1 saturated heterocycles. The number of hydrogen-bond donors (Lipinski definition) is 1. The third kappa shape index (κ3) is 5.28. The van der Waals surface area contributed by atoms with E-state index >= 15 is 0 Å². The van der Waals surface area contributed by atoms with Gasteiger partial charge in [0.1, 0.15) is 5.60 Å². The van der Waals surface area contributed by atoms with Crippen molar-refractivity contribution < 1.29 is 9.53 Å². The number of carbonyl (C=O) groups excluding carboxylic acids is 1. The maximum atomic E-state index is 12.1. The molecule has 0 spiro atoms. The molecule has 0 aliphatic carbocycles. The van der Waals surface area contributed by atoms with Gasteiger partial charge in [-0.25, -0.2) is 4.79 Å². The van der Waals surface area contributed by atoms with Crippen molar-refractivity contribution in [1.82, 2.24) is 4.90 Å². The van der Waals surface area contributed by atoms with Crippen molar-refractivity contribution >= 4 is 39.3 Å². The van der Waals surface area contributed by atoms with E-state index < -0.39 is 5.60 Å². The maximum Gasteiger partial charge on any atom is 0.410 e. The number of amides is 1. The number of anilines is 1. The van der Waals surface area contributed by atoms with E-state index in [1.54, 1.807) is 4.90 Å². The number of hydrogen-bond acceptors (Lipinski definition) is 3. The van der Waals surface area contributed by atoms with Gasteiger partial charge in [0.05, 0.1) is 5.69 Å². The number of carbonyl (C=O) groups is 1. The Morgan fingerprint density at radius 3 is 2.52 bits per heavy atom. The van der Waals surface area contributed by atoms with E-state index in [1.807, 2.05) is 39.8 Å². The van der Waals surface area contributed by atoms with E-state index in [2.05, 4.69) is 21.2 Å². The maximum absolute atomic E-state index is 12.1. The minimum absolute atomic E-state index is 0.226. The highest BCUT2D eigenvalue weighted by Gasteiger charge is 2.27. The highest BCUT2D eigenvalue weighted by molar-refractivity contribution is 9.10. The molecule has 2 rings (SSSR count). The first-order valence-corrected chi connectivity index (χ1v) is 9.03. The molecule has 0 atom stereocenters. The molecule has 0 radical (unpaired) electrons. The molecule has 0 bridgehead atoms. The second kappa shape index (κ2) is 7.31. The summed E-state index contributed by atoms with van der Waals surface area (Å²) < 4.78 is 6.43. The lowest BCUT2D eigenvalue weighted by molar-refractivity contribution is 0.0210. The summed E-state index contributed by atoms with van der Waals surface area (Å²) in [5, 5.41) is 4.27. The first kappa shape index (κ1) is 18.4. The standard InChI is InChI=1S/C17H24BrClN2O2/c1-11-9-13(18)15(10-14(11)19)20-12-5-7-21(8-6-12)16(22)23-17(2,3)4/h9-10,12,20H,5-8H2,1-4H3. The van der Waals surface area contributed by atoms with Gasteiger partial charge in [0, 0.05) is 28.6 Å². The molecule has 4 nitrogen and oxygen atoms in total. The lowest BCUT2D eigenvalue weighted by Gasteiger charge is -2.34. The average molecular weight is 404 g/mol. The quantitative estimate of drug-likeness (QED) is 0.736. The molecule has 0 unspecified atom stereocenters. The van der Waals surface area contributed by atoms with Gasteiger partial charge < -0.3 is 15.0 Å². The summed E-state index contributed by atoms with van der Waals surface area (Å²) in [7, 11) is 0. The summed E-state index contributed by atoms with van der Waals surface area (Å²) >= 11 is 9.77. The number of halogens is 2. The lowest BCUT2D eigenvalue weighted by Crippen LogP contribution is -2.44. The summed E-state index contributed by atoms with van der Waals surface area (Å²) in [4.78, 5) is 13.9. The predicted octanol–water partition coefficient (Wildman–Crippen LogP) is 5.22. The van der Waals surface area contributed by atoms with E-state index in [9.17, 15) is 4.79 Å². The van der Waals surface area contributed by atoms with Crippen LogP contribution in [0, 0.1) is 6.92 Å². The monoisotopic (exact) mass is 402 g/mol. The number of benzene rings is 1. The van der Waals surface area contributed by atoms with E-state index in [-0.39, 0.29) is 6.09 Å². The van der Waals surface area contributed by atoms with Crippen molar-refractivity contribution in [2.24, 2.45) is 0 Å². The molecule has 1 amide bonds. The molecular formula is C17H24BrClN2O2. The normalized spacial score (nSPS) is 16.3. The summed E-state index contributed by atoms with van der Waals surface area (Å²) in [6, 6.07) is 4.28. The Morgan fingerprint density at radius 2 is 1.96 bits per heavy atom. The van der Waals surface area contributed by atoms with Gasteiger partial charge in [-0.15, -0.1) is 0 Å². The Morgan fingerprint density at radius 1 is 1.35 bits per heavy atom. The van der Waals surface area contributed by atoms with Crippen LogP contribution in [-0.2, 0) is 4.74 Å². The smallest absolute Gasteiger partial charge is 0.410 e. The molecular weight excluding hydrogens is 380 g/mol. The zero-order valence-electron chi connectivity index (χ0n) is 14.1. The highest BCUT2D eigenvalue weighted by Crippen LogP contribution is 2.30. The second-order valence-corrected chi connectivity index (χ2v) is 8.23. The molecule has 0 aromatic heterocycles. The molecule has 6 heteroatoms. The van der Waals surface area contributed by atoms with Crippen LogP contribution in [0.5, 0.6) is 0 Å². The van der Waals surface area contributed by atoms with Gasteiger partial charge in [0.25, 0.3) is 0 Å². The van der Waals surface area contributed by atoms with Crippen LogP contribution in [0.4, 0.5) is 10.5 Å². The Hall–Kier alpha value is -0.940. The number of aryl methyl sites for hydroxylation is 1. The molecule has 1 aromatic rings. The van der Waals surface area contributed by atoms with Gasteiger partial charge in [-0.1, -0.05) is 11.6 Å². The topological polar surface area (TPSA) is 41.6 Å². The van der Waals surface area contributed by atoms with Crippen LogP contribution in [0.3, 0.4) is 0 Å². The number of rotatable bonds is 2. The third-order valence-electron chi connectivity index (χ3n) is 3.75. The van der Waals surface area contributed by atoms with Crippen LogP contribution in [0.15, 0.2) is 16.6 Å². The number of nitrogens with one attached hydrogen (secondary N) is 1. The minimum Gasteiger partial charge on any atom is -0.444 e. The molecule has 1 fully saturated rings. The molecule has 1 heterocycles. The first-order chi connectivity index (χ1) is 10.7. The van der Waals surface area contributed by atoms with Crippen LogP contribution >= 0.6 is 27.5 Å². The Balaban J connectivity index is 1.90. The van der Waals surface area contributed by atoms with Gasteiger partial charge in [-0.2, -0.15) is 0 Å². The summed E-state index contributed by atoms with van der Waals surface area (Å²) in [5.41, 5.74) is 1.59. The molecule has 128 valence electrons. The largest absolute Gasteiger partial charge is 0.444 e. The van der Waals surface area contributed by atoms with Crippen LogP contribution in [0.1, 0.15) is 39.2 Å². The molecule has 1 aliphatic rings. The van der Waals surface area contributed by atoms with Crippen molar-refractivity contribution in [3.05, 3.63) is 27.2 Å². The SMILES string of the molecule is Cc1cc(Br)c(NC2CCN(C(=O)OC(C)(C)C)CC2)cc1Cl. The molecule has 0 saturated carbocycles. The highest BCUT2D eigenvalue weighted by atomic mass is 79.9. The Labute approximate surface area is 151 Å². The summed E-state index contributed by atoms with van der Waals surface area (Å²) in [6.07, 6.45) is 1.55. The molecule has 23 heavy (non-hydrogen) atoms. The summed E-state index contributed by atoms with van der Waals surface area (Å²) in [5.74, 6) is 0. The van der Waals surface area contributed by atoms with E-state index in [0.717, 1.165) is 33.6 Å². The van der Waals surface area contributed by atoms with Crippen LogP contribution in [0.25, 0.3) is 0 Å². The van der Waals surface area contributed by atoms with E-state index in [1.165, 1.54) is 0 Å². The summed E-state index contributed by atoms with van der Waals surface area (Å²) in [6.45, 7) is 9.04. The van der Waals surface area contributed by atoms with Crippen molar-refractivity contribution in [3.8, 4) is 0 Å². The third-order valence-corrected chi connectivity index (χ3v) is 4.82. The minimum atomic E-state index is -0.449. The van der Waals surface area contributed by atoms with Crippen molar-refractivity contribution in [2.45, 2.75) is 52.2 Å². The molecule has 1 N–H and O–H groups in total. The fourth-order valence-corrected chi connectivity index (χ4v) is 3.25. The average Bonchev–Trinajstić information content (AvgIpc) is 2.43. The zero-order chi connectivity index (χ0) is 17.2. The van der Waals surface area contributed by atoms with Crippen molar-refractivity contribution in [1.29, 1.82) is 0 Å². The lowest BCUT2D eigenvalue weighted by atomic mass is 10.0. The van der Waals surface area contributed by atoms with Crippen molar-refractivity contribution in [3.63, 3.8) is 0 Å². The molecule has 1 aromatic carbocycles. The van der Waals surface area contributed by atoms with Gasteiger partial charge in [-0.3, -0.25) is 0 Å². The number of piperidine rings is 1. The van der Waals surface area contributed by atoms with Gasteiger partial charge in [0.15, 0.2) is 0 Å². The van der Waals surface area contributed by atoms with Crippen LogP contribution in [0.2, 0.25) is 5.02 Å². The number of likely N-dealkylation sites (tertiary alicyclic amines) is 1. The fourth-order valence-electron chi connectivity index (χ4n) is 2.51. The van der Waals surface area contributed by atoms with Gasteiger partial charge in [-0.05, 0) is 74.2 Å². The van der Waals surface area contributed by atoms with Crippen LogP contribution in [-0.4, -0.2) is 35.7 Å². The van der Waals surface area contributed by atoms with Gasteiger partial charge >= 0.3 is 6.09 Å². The Kier molecular flexibility index (Phi) is 5.84.